The Labute approximate surface area is 157 Å². The highest BCUT2D eigenvalue weighted by Gasteiger charge is 2.14. The predicted molar refractivity (Wildman–Crippen MR) is 106 cm³/mol. The van der Waals surface area contributed by atoms with E-state index < -0.39 is 4.92 Å². The van der Waals surface area contributed by atoms with Crippen molar-refractivity contribution in [3.05, 3.63) is 99.6 Å². The first-order valence-electron chi connectivity index (χ1n) is 8.19. The molecule has 0 unspecified atom stereocenters. The van der Waals surface area contributed by atoms with E-state index in [0.717, 1.165) is 16.7 Å². The van der Waals surface area contributed by atoms with Crippen LogP contribution >= 0.6 is 0 Å². The van der Waals surface area contributed by atoms with Crippen molar-refractivity contribution in [2.75, 3.05) is 7.11 Å². The van der Waals surface area contributed by atoms with Crippen molar-refractivity contribution >= 4 is 17.6 Å². The molecule has 5 nitrogen and oxygen atoms in total. The summed E-state index contributed by atoms with van der Waals surface area (Å²) in [5.41, 5.74) is 2.83. The fourth-order valence-corrected chi connectivity index (χ4v) is 2.35. The highest BCUT2D eigenvalue weighted by atomic mass is 16.6. The Morgan fingerprint density at radius 1 is 0.963 bits per heavy atom. The fraction of sp³-hybridized carbons (Fsp3) is 0.0455. The number of rotatable bonds is 4. The maximum absolute atomic E-state index is 11.2. The van der Waals surface area contributed by atoms with Gasteiger partial charge in [-0.1, -0.05) is 42.2 Å². The van der Waals surface area contributed by atoms with E-state index in [-0.39, 0.29) is 11.4 Å². The van der Waals surface area contributed by atoms with Gasteiger partial charge in [-0.3, -0.25) is 10.1 Å². The van der Waals surface area contributed by atoms with E-state index in [1.54, 1.807) is 18.3 Å². The summed E-state index contributed by atoms with van der Waals surface area (Å²) in [4.78, 5) is 15.0. The van der Waals surface area contributed by atoms with Gasteiger partial charge in [-0.05, 0) is 42.0 Å². The Kier molecular flexibility index (Phi) is 5.60. The minimum absolute atomic E-state index is 0.101. The summed E-state index contributed by atoms with van der Waals surface area (Å²) in [5.74, 6) is 6.62. The Bertz CT molecular complexity index is 1030. The lowest BCUT2D eigenvalue weighted by Crippen LogP contribution is -1.91. The van der Waals surface area contributed by atoms with E-state index in [1.165, 1.54) is 13.2 Å². The molecule has 0 amide bonds. The third-order valence-electron chi connectivity index (χ3n) is 3.77. The molecule has 0 spiro atoms. The zero-order valence-corrected chi connectivity index (χ0v) is 14.6. The number of nitro groups is 1. The van der Waals surface area contributed by atoms with Gasteiger partial charge in [-0.25, -0.2) is 4.99 Å². The first-order valence-corrected chi connectivity index (χ1v) is 8.19. The molecule has 0 heterocycles. The number of benzene rings is 3. The van der Waals surface area contributed by atoms with Crippen LogP contribution in [0.3, 0.4) is 0 Å². The van der Waals surface area contributed by atoms with Crippen LogP contribution in [0.4, 0.5) is 11.4 Å². The molecule has 27 heavy (non-hydrogen) atoms. The molecule has 0 atom stereocenters. The molecule has 3 aromatic carbocycles. The average Bonchev–Trinajstić information content (AvgIpc) is 2.72. The molecular formula is C22H16N2O3. The number of nitrogens with zero attached hydrogens (tertiary/aromatic N) is 2. The van der Waals surface area contributed by atoms with Gasteiger partial charge in [0.2, 0.25) is 0 Å². The van der Waals surface area contributed by atoms with E-state index in [1.807, 2.05) is 54.6 Å². The molecule has 0 aliphatic heterocycles. The second kappa shape index (κ2) is 8.45. The molecule has 0 N–H and O–H groups in total. The van der Waals surface area contributed by atoms with E-state index in [4.69, 9.17) is 4.74 Å². The minimum Gasteiger partial charge on any atom is -0.496 e. The summed E-state index contributed by atoms with van der Waals surface area (Å²) in [6.45, 7) is 0. The van der Waals surface area contributed by atoms with E-state index in [0.29, 0.717) is 5.75 Å². The molecule has 0 aliphatic carbocycles. The largest absolute Gasteiger partial charge is 0.496 e. The number of hydrogen-bond donors (Lipinski definition) is 0. The summed E-state index contributed by atoms with van der Waals surface area (Å²) < 4.78 is 5.02. The van der Waals surface area contributed by atoms with Crippen molar-refractivity contribution in [1.29, 1.82) is 0 Å². The van der Waals surface area contributed by atoms with Crippen molar-refractivity contribution in [1.82, 2.24) is 0 Å². The molecule has 0 saturated carbocycles. The third-order valence-corrected chi connectivity index (χ3v) is 3.77. The van der Waals surface area contributed by atoms with Gasteiger partial charge in [-0.2, -0.15) is 0 Å². The van der Waals surface area contributed by atoms with Crippen molar-refractivity contribution < 1.29 is 9.66 Å². The summed E-state index contributed by atoms with van der Waals surface area (Å²) in [5, 5.41) is 11.2. The molecule has 0 radical (unpaired) electrons. The van der Waals surface area contributed by atoms with Gasteiger partial charge in [0, 0.05) is 17.3 Å². The van der Waals surface area contributed by atoms with Crippen LogP contribution in [-0.2, 0) is 0 Å². The quantitative estimate of drug-likeness (QED) is 0.293. The third kappa shape index (κ3) is 4.80. The fourth-order valence-electron chi connectivity index (χ4n) is 2.35. The second-order valence-corrected chi connectivity index (χ2v) is 5.61. The lowest BCUT2D eigenvalue weighted by atomic mass is 10.1. The van der Waals surface area contributed by atoms with Crippen molar-refractivity contribution in [3.63, 3.8) is 0 Å². The van der Waals surface area contributed by atoms with Crippen molar-refractivity contribution in [2.45, 2.75) is 0 Å². The van der Waals surface area contributed by atoms with Gasteiger partial charge in [0.15, 0.2) is 0 Å². The molecule has 0 bridgehead atoms. The molecular weight excluding hydrogens is 340 g/mol. The van der Waals surface area contributed by atoms with Crippen LogP contribution in [0.25, 0.3) is 0 Å². The zero-order chi connectivity index (χ0) is 19.1. The Balaban J connectivity index is 1.77. The standard InChI is InChI=1S/C22H16N2O3/c1-27-20-13-14-21(22(15-20)24(25)26)23-16-19-11-9-18(10-12-19)8-7-17-5-3-2-4-6-17/h2-6,9-16H,1H3. The highest BCUT2D eigenvalue weighted by Crippen LogP contribution is 2.31. The highest BCUT2D eigenvalue weighted by molar-refractivity contribution is 5.83. The van der Waals surface area contributed by atoms with Crippen LogP contribution in [0.15, 0.2) is 77.8 Å². The van der Waals surface area contributed by atoms with Gasteiger partial charge in [0.1, 0.15) is 11.4 Å². The van der Waals surface area contributed by atoms with Crippen LogP contribution in [-0.4, -0.2) is 18.2 Å². The maximum Gasteiger partial charge on any atom is 0.298 e. The van der Waals surface area contributed by atoms with Gasteiger partial charge in [0.05, 0.1) is 18.1 Å². The SMILES string of the molecule is COc1ccc(N=Cc2ccc(C#Cc3ccccc3)cc2)c([N+](=O)[O-])c1. The number of ether oxygens (including phenoxy) is 1. The lowest BCUT2D eigenvalue weighted by molar-refractivity contribution is -0.384. The molecule has 0 fully saturated rings. The first-order chi connectivity index (χ1) is 13.2. The summed E-state index contributed by atoms with van der Waals surface area (Å²) in [7, 11) is 1.46. The number of methoxy groups -OCH3 is 1. The van der Waals surface area contributed by atoms with Crippen LogP contribution in [0.2, 0.25) is 0 Å². The predicted octanol–water partition coefficient (Wildman–Crippen LogP) is 4.75. The van der Waals surface area contributed by atoms with Gasteiger partial charge < -0.3 is 4.74 Å². The van der Waals surface area contributed by atoms with Crippen molar-refractivity contribution in [3.8, 4) is 17.6 Å². The maximum atomic E-state index is 11.2. The van der Waals surface area contributed by atoms with Crippen LogP contribution in [0.1, 0.15) is 16.7 Å². The monoisotopic (exact) mass is 356 g/mol. The van der Waals surface area contributed by atoms with Crippen LogP contribution in [0, 0.1) is 22.0 Å². The van der Waals surface area contributed by atoms with Gasteiger partial charge >= 0.3 is 0 Å². The molecule has 132 valence electrons. The summed E-state index contributed by atoms with van der Waals surface area (Å²) >= 11 is 0. The van der Waals surface area contributed by atoms with E-state index in [2.05, 4.69) is 16.8 Å². The summed E-state index contributed by atoms with van der Waals surface area (Å²) in [6, 6.07) is 21.8. The molecule has 0 saturated heterocycles. The van der Waals surface area contributed by atoms with E-state index >= 15 is 0 Å². The minimum atomic E-state index is -0.475. The lowest BCUT2D eigenvalue weighted by Gasteiger charge is -2.01. The summed E-state index contributed by atoms with van der Waals surface area (Å²) in [6.07, 6.45) is 1.59. The van der Waals surface area contributed by atoms with E-state index in [9.17, 15) is 10.1 Å². The zero-order valence-electron chi connectivity index (χ0n) is 14.6. The topological polar surface area (TPSA) is 64.7 Å². The Morgan fingerprint density at radius 3 is 2.26 bits per heavy atom. The molecule has 0 aliphatic rings. The molecule has 5 heteroatoms. The molecule has 0 aromatic heterocycles. The number of nitro benzene ring substituents is 1. The smallest absolute Gasteiger partial charge is 0.298 e. The van der Waals surface area contributed by atoms with Gasteiger partial charge in [-0.15, -0.1) is 0 Å². The molecule has 3 rings (SSSR count). The number of hydrogen-bond acceptors (Lipinski definition) is 4. The second-order valence-electron chi connectivity index (χ2n) is 5.61. The normalized spacial score (nSPS) is 10.3. The van der Waals surface area contributed by atoms with Crippen LogP contribution < -0.4 is 4.74 Å². The average molecular weight is 356 g/mol. The Morgan fingerprint density at radius 2 is 1.63 bits per heavy atom. The Hall–Kier alpha value is -3.91. The van der Waals surface area contributed by atoms with Gasteiger partial charge in [0.25, 0.3) is 5.69 Å². The first kappa shape index (κ1) is 17.9. The van der Waals surface area contributed by atoms with Crippen LogP contribution in [0.5, 0.6) is 5.75 Å². The van der Waals surface area contributed by atoms with Crippen molar-refractivity contribution in [2.24, 2.45) is 4.99 Å². The number of aliphatic imine (C=N–C) groups is 1. The molecule has 3 aromatic rings.